The van der Waals surface area contributed by atoms with Crippen molar-refractivity contribution in [3.05, 3.63) is 53.9 Å². The van der Waals surface area contributed by atoms with E-state index in [1.165, 1.54) is 5.57 Å². The SMILES string of the molecule is CC1=CC=CC(C)(c2ccccn2)C1. The molecule has 1 heterocycles. The van der Waals surface area contributed by atoms with Crippen LogP contribution in [0.25, 0.3) is 0 Å². The van der Waals surface area contributed by atoms with Gasteiger partial charge in [0, 0.05) is 11.6 Å². The van der Waals surface area contributed by atoms with E-state index >= 15 is 0 Å². The molecule has 0 fully saturated rings. The van der Waals surface area contributed by atoms with E-state index in [-0.39, 0.29) is 5.41 Å². The minimum absolute atomic E-state index is 0.0834. The van der Waals surface area contributed by atoms with Crippen LogP contribution in [0.15, 0.2) is 48.2 Å². The zero-order valence-electron chi connectivity index (χ0n) is 8.70. The molecule has 0 radical (unpaired) electrons. The smallest absolute Gasteiger partial charge is 0.0503 e. The Bertz CT molecular complexity index is 375. The van der Waals surface area contributed by atoms with E-state index in [1.807, 2.05) is 12.3 Å². The second kappa shape index (κ2) is 3.41. The topological polar surface area (TPSA) is 12.9 Å². The van der Waals surface area contributed by atoms with Gasteiger partial charge in [0.2, 0.25) is 0 Å². The van der Waals surface area contributed by atoms with Crippen LogP contribution in [0.3, 0.4) is 0 Å². The molecule has 1 heteroatoms. The zero-order chi connectivity index (χ0) is 10.0. The van der Waals surface area contributed by atoms with Crippen LogP contribution in [-0.2, 0) is 5.41 Å². The van der Waals surface area contributed by atoms with Gasteiger partial charge in [0.25, 0.3) is 0 Å². The summed E-state index contributed by atoms with van der Waals surface area (Å²) >= 11 is 0. The lowest BCUT2D eigenvalue weighted by Gasteiger charge is -2.28. The Kier molecular flexibility index (Phi) is 2.24. The average Bonchev–Trinajstić information content (AvgIpc) is 2.19. The first-order valence-electron chi connectivity index (χ1n) is 4.97. The Labute approximate surface area is 85.2 Å². The molecule has 0 aliphatic heterocycles. The average molecular weight is 185 g/mol. The van der Waals surface area contributed by atoms with Crippen molar-refractivity contribution in [1.29, 1.82) is 0 Å². The number of hydrogen-bond acceptors (Lipinski definition) is 1. The van der Waals surface area contributed by atoms with E-state index in [0.717, 1.165) is 12.1 Å². The van der Waals surface area contributed by atoms with Crippen LogP contribution >= 0.6 is 0 Å². The number of pyridine rings is 1. The molecule has 0 saturated heterocycles. The van der Waals surface area contributed by atoms with Gasteiger partial charge in [-0.1, -0.05) is 36.8 Å². The fourth-order valence-corrected chi connectivity index (χ4v) is 2.00. The highest BCUT2D eigenvalue weighted by Gasteiger charge is 2.26. The quantitative estimate of drug-likeness (QED) is 0.654. The molecule has 1 aromatic rings. The lowest BCUT2D eigenvalue weighted by molar-refractivity contribution is 0.562. The van der Waals surface area contributed by atoms with Crippen LogP contribution in [0.1, 0.15) is 26.0 Å². The van der Waals surface area contributed by atoms with Gasteiger partial charge in [-0.2, -0.15) is 0 Å². The van der Waals surface area contributed by atoms with Crippen molar-refractivity contribution in [2.45, 2.75) is 25.7 Å². The van der Waals surface area contributed by atoms with Crippen LogP contribution in [0.2, 0.25) is 0 Å². The summed E-state index contributed by atoms with van der Waals surface area (Å²) in [5.41, 5.74) is 2.66. The monoisotopic (exact) mass is 185 g/mol. The van der Waals surface area contributed by atoms with Gasteiger partial charge in [0.05, 0.1) is 5.69 Å². The summed E-state index contributed by atoms with van der Waals surface area (Å²) in [5, 5.41) is 0. The first-order chi connectivity index (χ1) is 6.71. The molecular weight excluding hydrogens is 170 g/mol. The van der Waals surface area contributed by atoms with E-state index in [0.29, 0.717) is 0 Å². The molecule has 0 saturated carbocycles. The Morgan fingerprint density at radius 1 is 1.36 bits per heavy atom. The summed E-state index contributed by atoms with van der Waals surface area (Å²) in [5.74, 6) is 0. The Morgan fingerprint density at radius 2 is 2.21 bits per heavy atom. The molecule has 2 rings (SSSR count). The fourth-order valence-electron chi connectivity index (χ4n) is 2.00. The van der Waals surface area contributed by atoms with Crippen molar-refractivity contribution in [1.82, 2.24) is 4.98 Å². The second-order valence-electron chi connectivity index (χ2n) is 4.18. The Balaban J connectivity index is 2.35. The molecule has 0 spiro atoms. The molecule has 1 nitrogen and oxygen atoms in total. The number of aromatic nitrogens is 1. The van der Waals surface area contributed by atoms with Gasteiger partial charge in [0.15, 0.2) is 0 Å². The third-order valence-electron chi connectivity index (χ3n) is 2.74. The maximum absolute atomic E-state index is 4.43. The van der Waals surface area contributed by atoms with Gasteiger partial charge in [-0.05, 0) is 25.5 Å². The predicted octanol–water partition coefficient (Wildman–Crippen LogP) is 3.25. The normalized spacial score (nSPS) is 26.0. The molecule has 1 unspecified atom stereocenters. The standard InChI is InChI=1S/C13H15N/c1-11-6-5-8-13(2,10-11)12-7-3-4-9-14-12/h3-9H,10H2,1-2H3. The third kappa shape index (κ3) is 1.63. The van der Waals surface area contributed by atoms with Crippen molar-refractivity contribution in [2.24, 2.45) is 0 Å². The van der Waals surface area contributed by atoms with Crippen LogP contribution in [-0.4, -0.2) is 4.98 Å². The Morgan fingerprint density at radius 3 is 2.86 bits per heavy atom. The molecule has 0 N–H and O–H groups in total. The summed E-state index contributed by atoms with van der Waals surface area (Å²) in [7, 11) is 0. The van der Waals surface area contributed by atoms with Crippen LogP contribution in [0.5, 0.6) is 0 Å². The summed E-state index contributed by atoms with van der Waals surface area (Å²) < 4.78 is 0. The minimum Gasteiger partial charge on any atom is -0.260 e. The predicted molar refractivity (Wildman–Crippen MR) is 59.1 cm³/mol. The molecular formula is C13H15N. The molecule has 14 heavy (non-hydrogen) atoms. The number of nitrogens with zero attached hydrogens (tertiary/aromatic N) is 1. The molecule has 72 valence electrons. The van der Waals surface area contributed by atoms with Crippen LogP contribution in [0, 0.1) is 0 Å². The second-order valence-corrected chi connectivity index (χ2v) is 4.18. The highest BCUT2D eigenvalue weighted by atomic mass is 14.7. The summed E-state index contributed by atoms with van der Waals surface area (Å²) in [6.07, 6.45) is 9.48. The molecule has 0 bridgehead atoms. The first kappa shape index (κ1) is 9.20. The van der Waals surface area contributed by atoms with Crippen molar-refractivity contribution < 1.29 is 0 Å². The van der Waals surface area contributed by atoms with Gasteiger partial charge in [-0.3, -0.25) is 4.98 Å². The molecule has 1 atom stereocenters. The molecule has 0 amide bonds. The summed E-state index contributed by atoms with van der Waals surface area (Å²) in [6.45, 7) is 4.41. The fraction of sp³-hybridized carbons (Fsp3) is 0.308. The van der Waals surface area contributed by atoms with E-state index in [4.69, 9.17) is 0 Å². The largest absolute Gasteiger partial charge is 0.260 e. The van der Waals surface area contributed by atoms with Gasteiger partial charge < -0.3 is 0 Å². The van der Waals surface area contributed by atoms with Crippen molar-refractivity contribution in [3.8, 4) is 0 Å². The van der Waals surface area contributed by atoms with Crippen LogP contribution < -0.4 is 0 Å². The van der Waals surface area contributed by atoms with Gasteiger partial charge in [0.1, 0.15) is 0 Å². The number of hydrogen-bond donors (Lipinski definition) is 0. The van der Waals surface area contributed by atoms with Crippen molar-refractivity contribution in [2.75, 3.05) is 0 Å². The Hall–Kier alpha value is -1.37. The molecule has 0 aromatic carbocycles. The van der Waals surface area contributed by atoms with Gasteiger partial charge in [-0.15, -0.1) is 0 Å². The van der Waals surface area contributed by atoms with Crippen molar-refractivity contribution in [3.63, 3.8) is 0 Å². The lowest BCUT2D eigenvalue weighted by atomic mass is 9.77. The molecule has 1 aliphatic rings. The third-order valence-corrected chi connectivity index (χ3v) is 2.74. The van der Waals surface area contributed by atoms with E-state index in [2.05, 4.69) is 49.2 Å². The van der Waals surface area contributed by atoms with E-state index in [1.54, 1.807) is 0 Å². The highest BCUT2D eigenvalue weighted by Crippen LogP contribution is 2.33. The zero-order valence-corrected chi connectivity index (χ0v) is 8.70. The van der Waals surface area contributed by atoms with Gasteiger partial charge in [-0.25, -0.2) is 0 Å². The molecule has 1 aliphatic carbocycles. The van der Waals surface area contributed by atoms with E-state index in [9.17, 15) is 0 Å². The van der Waals surface area contributed by atoms with Crippen LogP contribution in [0.4, 0.5) is 0 Å². The highest BCUT2D eigenvalue weighted by molar-refractivity contribution is 5.32. The van der Waals surface area contributed by atoms with Gasteiger partial charge >= 0.3 is 0 Å². The summed E-state index contributed by atoms with van der Waals surface area (Å²) in [4.78, 5) is 4.43. The minimum atomic E-state index is 0.0834. The molecule has 1 aromatic heterocycles. The number of allylic oxidation sites excluding steroid dienone is 4. The number of rotatable bonds is 1. The van der Waals surface area contributed by atoms with Crippen molar-refractivity contribution >= 4 is 0 Å². The lowest BCUT2D eigenvalue weighted by Crippen LogP contribution is -2.22. The maximum atomic E-state index is 4.43. The van der Waals surface area contributed by atoms with E-state index < -0.39 is 0 Å². The maximum Gasteiger partial charge on any atom is 0.0503 e. The first-order valence-corrected chi connectivity index (χ1v) is 4.97. The summed E-state index contributed by atoms with van der Waals surface area (Å²) in [6, 6.07) is 6.11.